The molecular weight excluding hydrogens is 252 g/mol. The summed E-state index contributed by atoms with van der Waals surface area (Å²) in [6, 6.07) is 3.07. The van der Waals surface area contributed by atoms with Gasteiger partial charge >= 0.3 is 0 Å². The molecule has 1 atom stereocenters. The van der Waals surface area contributed by atoms with Crippen LogP contribution in [-0.4, -0.2) is 38.0 Å². The minimum atomic E-state index is -0.330. The molecule has 0 aromatic carbocycles. The lowest BCUT2D eigenvalue weighted by Crippen LogP contribution is -2.44. The first kappa shape index (κ1) is 15.8. The van der Waals surface area contributed by atoms with Gasteiger partial charge in [-0.3, -0.25) is 5.32 Å². The second-order valence-corrected chi connectivity index (χ2v) is 6.20. The summed E-state index contributed by atoms with van der Waals surface area (Å²) in [5.74, 6) is 0.667. The van der Waals surface area contributed by atoms with Crippen LogP contribution in [-0.2, 0) is 9.47 Å². The number of nitriles is 1. The standard InChI is InChI=1S/C16H28N2O2/c1-2-16(13-17,18-15-4-5-15)8-3-9-20-12-14-6-10-19-11-7-14/h14-15,18H,2-12H2,1H3. The molecule has 4 heteroatoms. The smallest absolute Gasteiger partial charge is 0.106 e. The fourth-order valence-corrected chi connectivity index (χ4v) is 2.78. The van der Waals surface area contributed by atoms with Crippen LogP contribution in [0.15, 0.2) is 0 Å². The van der Waals surface area contributed by atoms with Gasteiger partial charge in [0, 0.05) is 32.5 Å². The van der Waals surface area contributed by atoms with E-state index in [-0.39, 0.29) is 5.54 Å². The Morgan fingerprint density at radius 1 is 1.30 bits per heavy atom. The predicted octanol–water partition coefficient (Wildman–Crippen LogP) is 2.63. The lowest BCUT2D eigenvalue weighted by molar-refractivity contribution is 0.0190. The maximum Gasteiger partial charge on any atom is 0.106 e. The average Bonchev–Trinajstić information content (AvgIpc) is 3.31. The summed E-state index contributed by atoms with van der Waals surface area (Å²) in [5, 5.41) is 13.0. The van der Waals surface area contributed by atoms with Gasteiger partial charge in [-0.05, 0) is 50.9 Å². The third-order valence-electron chi connectivity index (χ3n) is 4.46. The number of ether oxygens (including phenoxy) is 2. The molecular formula is C16H28N2O2. The van der Waals surface area contributed by atoms with Crippen molar-refractivity contribution in [1.82, 2.24) is 5.32 Å². The molecule has 0 aromatic rings. The molecule has 1 heterocycles. The number of hydrogen-bond acceptors (Lipinski definition) is 4. The third kappa shape index (κ3) is 5.05. The molecule has 4 nitrogen and oxygen atoms in total. The maximum absolute atomic E-state index is 9.45. The topological polar surface area (TPSA) is 54.3 Å². The van der Waals surface area contributed by atoms with Crippen LogP contribution < -0.4 is 5.32 Å². The van der Waals surface area contributed by atoms with Crippen LogP contribution in [0.1, 0.15) is 51.9 Å². The van der Waals surface area contributed by atoms with Crippen LogP contribution in [0.2, 0.25) is 0 Å². The van der Waals surface area contributed by atoms with Gasteiger partial charge < -0.3 is 9.47 Å². The van der Waals surface area contributed by atoms with Gasteiger partial charge in [-0.2, -0.15) is 5.26 Å². The van der Waals surface area contributed by atoms with Crippen molar-refractivity contribution >= 4 is 0 Å². The quantitative estimate of drug-likeness (QED) is 0.660. The number of nitrogens with zero attached hydrogens (tertiary/aromatic N) is 1. The Hall–Kier alpha value is -0.630. The highest BCUT2D eigenvalue weighted by Crippen LogP contribution is 2.26. The molecule has 1 aliphatic heterocycles. The summed E-state index contributed by atoms with van der Waals surface area (Å²) in [7, 11) is 0. The van der Waals surface area contributed by atoms with Crippen LogP contribution in [0.5, 0.6) is 0 Å². The van der Waals surface area contributed by atoms with Crippen LogP contribution in [0.4, 0.5) is 0 Å². The first-order chi connectivity index (χ1) is 9.78. The molecule has 0 aromatic heterocycles. The molecule has 0 bridgehead atoms. The molecule has 114 valence electrons. The lowest BCUT2D eigenvalue weighted by atomic mass is 9.92. The lowest BCUT2D eigenvalue weighted by Gasteiger charge is -2.27. The Kier molecular flexibility index (Phi) is 6.28. The second kappa shape index (κ2) is 7.97. The fourth-order valence-electron chi connectivity index (χ4n) is 2.78. The van der Waals surface area contributed by atoms with Gasteiger partial charge in [0.25, 0.3) is 0 Å². The van der Waals surface area contributed by atoms with E-state index in [9.17, 15) is 5.26 Å². The van der Waals surface area contributed by atoms with E-state index in [0.717, 1.165) is 58.5 Å². The fraction of sp³-hybridized carbons (Fsp3) is 0.938. The van der Waals surface area contributed by atoms with Crippen LogP contribution in [0, 0.1) is 17.2 Å². The monoisotopic (exact) mass is 280 g/mol. The highest BCUT2D eigenvalue weighted by atomic mass is 16.5. The molecule has 0 radical (unpaired) electrons. The van der Waals surface area contributed by atoms with Crippen molar-refractivity contribution < 1.29 is 9.47 Å². The number of rotatable bonds is 9. The number of nitrogens with one attached hydrogen (secondary N) is 1. The van der Waals surface area contributed by atoms with E-state index in [1.165, 1.54) is 12.8 Å². The van der Waals surface area contributed by atoms with Gasteiger partial charge in [0.05, 0.1) is 6.07 Å². The van der Waals surface area contributed by atoms with Crippen LogP contribution >= 0.6 is 0 Å². The first-order valence-electron chi connectivity index (χ1n) is 8.12. The molecule has 0 amide bonds. The van der Waals surface area contributed by atoms with Crippen LogP contribution in [0.25, 0.3) is 0 Å². The Bertz CT molecular complexity index is 319. The largest absolute Gasteiger partial charge is 0.381 e. The van der Waals surface area contributed by atoms with E-state index in [4.69, 9.17) is 9.47 Å². The second-order valence-electron chi connectivity index (χ2n) is 6.20. The Morgan fingerprint density at radius 2 is 2.05 bits per heavy atom. The summed E-state index contributed by atoms with van der Waals surface area (Å²) in [6.45, 7) is 5.49. The molecule has 1 N–H and O–H groups in total. The Balaban J connectivity index is 1.59. The first-order valence-corrected chi connectivity index (χ1v) is 8.12. The zero-order valence-electron chi connectivity index (χ0n) is 12.7. The Labute approximate surface area is 122 Å². The van der Waals surface area contributed by atoms with Gasteiger partial charge in [0.1, 0.15) is 5.54 Å². The highest BCUT2D eigenvalue weighted by Gasteiger charge is 2.34. The van der Waals surface area contributed by atoms with Crippen molar-refractivity contribution in [1.29, 1.82) is 5.26 Å². The van der Waals surface area contributed by atoms with Gasteiger partial charge in [0.2, 0.25) is 0 Å². The van der Waals surface area contributed by atoms with E-state index >= 15 is 0 Å². The van der Waals surface area contributed by atoms with Crippen molar-refractivity contribution in [3.8, 4) is 6.07 Å². The van der Waals surface area contributed by atoms with Crippen molar-refractivity contribution in [3.63, 3.8) is 0 Å². The summed E-state index contributed by atoms with van der Waals surface area (Å²) in [5.41, 5.74) is -0.330. The van der Waals surface area contributed by atoms with E-state index in [2.05, 4.69) is 18.3 Å². The SMILES string of the molecule is CCC(C#N)(CCCOCC1CCOCC1)NC1CC1. The molecule has 1 saturated carbocycles. The van der Waals surface area contributed by atoms with E-state index in [1.54, 1.807) is 0 Å². The zero-order valence-corrected chi connectivity index (χ0v) is 12.7. The normalized spacial score (nSPS) is 23.2. The van der Waals surface area contributed by atoms with Crippen molar-refractivity contribution in [2.75, 3.05) is 26.4 Å². The maximum atomic E-state index is 9.45. The zero-order chi connectivity index (χ0) is 14.3. The van der Waals surface area contributed by atoms with E-state index in [0.29, 0.717) is 12.0 Å². The van der Waals surface area contributed by atoms with Crippen molar-refractivity contribution in [2.45, 2.75) is 63.5 Å². The third-order valence-corrected chi connectivity index (χ3v) is 4.46. The average molecular weight is 280 g/mol. The van der Waals surface area contributed by atoms with Gasteiger partial charge in [0.15, 0.2) is 0 Å². The minimum Gasteiger partial charge on any atom is -0.381 e. The summed E-state index contributed by atoms with van der Waals surface area (Å²) in [6.07, 6.45) is 7.43. The molecule has 2 rings (SSSR count). The molecule has 1 saturated heterocycles. The molecule has 0 spiro atoms. The summed E-state index contributed by atoms with van der Waals surface area (Å²) >= 11 is 0. The molecule has 2 aliphatic rings. The summed E-state index contributed by atoms with van der Waals surface area (Å²) in [4.78, 5) is 0. The molecule has 1 unspecified atom stereocenters. The molecule has 1 aliphatic carbocycles. The van der Waals surface area contributed by atoms with E-state index < -0.39 is 0 Å². The molecule has 20 heavy (non-hydrogen) atoms. The number of hydrogen-bond donors (Lipinski definition) is 1. The van der Waals surface area contributed by atoms with Crippen molar-refractivity contribution in [2.24, 2.45) is 5.92 Å². The Morgan fingerprint density at radius 3 is 2.65 bits per heavy atom. The summed E-state index contributed by atoms with van der Waals surface area (Å²) < 4.78 is 11.1. The van der Waals surface area contributed by atoms with Gasteiger partial charge in [-0.15, -0.1) is 0 Å². The predicted molar refractivity (Wildman–Crippen MR) is 78.4 cm³/mol. The highest BCUT2D eigenvalue weighted by molar-refractivity contribution is 5.09. The van der Waals surface area contributed by atoms with Crippen LogP contribution in [0.3, 0.4) is 0 Å². The minimum absolute atomic E-state index is 0.330. The van der Waals surface area contributed by atoms with Gasteiger partial charge in [-0.25, -0.2) is 0 Å². The van der Waals surface area contributed by atoms with Crippen molar-refractivity contribution in [3.05, 3.63) is 0 Å². The van der Waals surface area contributed by atoms with E-state index in [1.807, 2.05) is 0 Å². The van der Waals surface area contributed by atoms with Gasteiger partial charge in [-0.1, -0.05) is 6.92 Å². The molecule has 2 fully saturated rings.